The molecule has 1 aliphatic carbocycles. The van der Waals surface area contributed by atoms with E-state index in [1.807, 2.05) is 18.7 Å². The molecule has 2 fully saturated rings. The molecule has 1 saturated heterocycles. The lowest BCUT2D eigenvalue weighted by atomic mass is 9.77. The van der Waals surface area contributed by atoms with Crippen molar-refractivity contribution in [3.63, 3.8) is 0 Å². The predicted molar refractivity (Wildman–Crippen MR) is 87.8 cm³/mol. The summed E-state index contributed by atoms with van der Waals surface area (Å²) in [5.41, 5.74) is 2.34. The van der Waals surface area contributed by atoms with Crippen LogP contribution in [-0.4, -0.2) is 52.9 Å². The van der Waals surface area contributed by atoms with Crippen LogP contribution in [0.1, 0.15) is 31.2 Å². The Labute approximate surface area is 138 Å². The lowest BCUT2D eigenvalue weighted by molar-refractivity contribution is -0.121. The molecule has 0 spiro atoms. The minimum atomic E-state index is 0.0377. The van der Waals surface area contributed by atoms with Crippen molar-refractivity contribution >= 4 is 5.91 Å². The molecule has 0 unspecified atom stereocenters. The number of aryl methyl sites for hydroxylation is 2. The molecule has 2 heterocycles. The Hall–Kier alpha value is -1.40. The molecular formula is C17H28N4O2. The molecule has 1 aromatic heterocycles. The Morgan fingerprint density at radius 2 is 2.09 bits per heavy atom. The maximum atomic E-state index is 11.4. The molecule has 0 aromatic carbocycles. The van der Waals surface area contributed by atoms with E-state index in [1.54, 1.807) is 14.0 Å². The first-order valence-electron chi connectivity index (χ1n) is 8.48. The molecule has 6 nitrogen and oxygen atoms in total. The van der Waals surface area contributed by atoms with Crippen LogP contribution in [0.2, 0.25) is 0 Å². The first-order valence-corrected chi connectivity index (χ1v) is 8.48. The molecule has 128 valence electrons. The van der Waals surface area contributed by atoms with Gasteiger partial charge in [0.2, 0.25) is 5.91 Å². The normalized spacial score (nSPS) is 31.1. The smallest absolute Gasteiger partial charge is 0.217 e. The minimum absolute atomic E-state index is 0.0377. The lowest BCUT2D eigenvalue weighted by Gasteiger charge is -2.37. The predicted octanol–water partition coefficient (Wildman–Crippen LogP) is 1.09. The highest BCUT2D eigenvalue weighted by Crippen LogP contribution is 2.38. The van der Waals surface area contributed by atoms with Gasteiger partial charge >= 0.3 is 0 Å². The molecular weight excluding hydrogens is 292 g/mol. The molecule has 0 radical (unpaired) electrons. The van der Waals surface area contributed by atoms with Crippen molar-refractivity contribution in [3.8, 4) is 0 Å². The van der Waals surface area contributed by atoms with Crippen LogP contribution < -0.4 is 5.32 Å². The third-order valence-corrected chi connectivity index (χ3v) is 5.37. The van der Waals surface area contributed by atoms with Gasteiger partial charge in [0, 0.05) is 40.7 Å². The average Bonchev–Trinajstić information content (AvgIpc) is 2.99. The second-order valence-electron chi connectivity index (χ2n) is 7.17. The van der Waals surface area contributed by atoms with Crippen LogP contribution >= 0.6 is 0 Å². The number of methoxy groups -OCH3 is 1. The van der Waals surface area contributed by atoms with Gasteiger partial charge in [-0.1, -0.05) is 0 Å². The number of likely N-dealkylation sites (tertiary alicyclic amines) is 1. The van der Waals surface area contributed by atoms with Crippen molar-refractivity contribution < 1.29 is 9.53 Å². The fourth-order valence-electron chi connectivity index (χ4n) is 4.35. The molecule has 1 aliphatic heterocycles. The minimum Gasteiger partial charge on any atom is -0.379 e. The molecule has 2 aliphatic rings. The largest absolute Gasteiger partial charge is 0.379 e. The number of fused-ring (bicyclic) bond motifs is 1. The standard InChI is InChI=1S/C17H28N4O2/c1-11-5-15(20(3)19-11)10-21-8-13-6-16(18-12(2)22)17(23-4)7-14(13)9-21/h5,13-14,16-17H,6-10H2,1-4H3,(H,18,22)/t13-,14+,16-,17-/m1/s1. The number of aromatic nitrogens is 2. The van der Waals surface area contributed by atoms with Crippen LogP contribution in [0.3, 0.4) is 0 Å². The number of ether oxygens (including phenoxy) is 1. The summed E-state index contributed by atoms with van der Waals surface area (Å²) < 4.78 is 7.62. The van der Waals surface area contributed by atoms with E-state index in [4.69, 9.17) is 4.74 Å². The summed E-state index contributed by atoms with van der Waals surface area (Å²) in [6.45, 7) is 6.79. The Morgan fingerprint density at radius 1 is 1.39 bits per heavy atom. The van der Waals surface area contributed by atoms with Gasteiger partial charge in [-0.05, 0) is 37.7 Å². The molecule has 6 heteroatoms. The summed E-state index contributed by atoms with van der Waals surface area (Å²) in [6, 6.07) is 2.32. The van der Waals surface area contributed by atoms with Crippen molar-refractivity contribution in [2.75, 3.05) is 20.2 Å². The van der Waals surface area contributed by atoms with Crippen molar-refractivity contribution in [1.29, 1.82) is 0 Å². The number of amides is 1. The van der Waals surface area contributed by atoms with Gasteiger partial charge in [-0.2, -0.15) is 5.10 Å². The van der Waals surface area contributed by atoms with Gasteiger partial charge in [-0.25, -0.2) is 0 Å². The summed E-state index contributed by atoms with van der Waals surface area (Å²) in [5, 5.41) is 7.51. The van der Waals surface area contributed by atoms with Crippen LogP contribution in [0.4, 0.5) is 0 Å². The summed E-state index contributed by atoms with van der Waals surface area (Å²) in [4.78, 5) is 13.9. The molecule has 23 heavy (non-hydrogen) atoms. The fourth-order valence-corrected chi connectivity index (χ4v) is 4.35. The van der Waals surface area contributed by atoms with Crippen molar-refractivity contribution in [1.82, 2.24) is 20.0 Å². The first kappa shape index (κ1) is 16.5. The number of carbonyl (C=O) groups is 1. The monoisotopic (exact) mass is 320 g/mol. The summed E-state index contributed by atoms with van der Waals surface area (Å²) in [6.07, 6.45) is 2.19. The quantitative estimate of drug-likeness (QED) is 0.902. The molecule has 0 bridgehead atoms. The Bertz CT molecular complexity index is 571. The number of rotatable bonds is 4. The number of hydrogen-bond donors (Lipinski definition) is 1. The van der Waals surface area contributed by atoms with Gasteiger partial charge in [0.1, 0.15) is 0 Å². The molecule has 1 saturated carbocycles. The van der Waals surface area contributed by atoms with E-state index >= 15 is 0 Å². The Morgan fingerprint density at radius 3 is 2.65 bits per heavy atom. The van der Waals surface area contributed by atoms with Crippen LogP contribution in [0.5, 0.6) is 0 Å². The van der Waals surface area contributed by atoms with Gasteiger partial charge in [0.05, 0.1) is 23.5 Å². The van der Waals surface area contributed by atoms with Gasteiger partial charge < -0.3 is 10.1 Å². The highest BCUT2D eigenvalue weighted by atomic mass is 16.5. The molecule has 1 aromatic rings. The van der Waals surface area contributed by atoms with Crippen LogP contribution in [0.15, 0.2) is 6.07 Å². The van der Waals surface area contributed by atoms with E-state index in [-0.39, 0.29) is 18.1 Å². The SMILES string of the molecule is CO[C@@H]1C[C@H]2CN(Cc3cc(C)nn3C)C[C@H]2C[C@H]1NC(C)=O. The zero-order chi connectivity index (χ0) is 16.6. The molecule has 3 rings (SSSR count). The summed E-state index contributed by atoms with van der Waals surface area (Å²) in [5.74, 6) is 1.35. The highest BCUT2D eigenvalue weighted by Gasteiger charge is 2.42. The maximum absolute atomic E-state index is 11.4. The zero-order valence-corrected chi connectivity index (χ0v) is 14.6. The van der Waals surface area contributed by atoms with Crippen LogP contribution in [0.25, 0.3) is 0 Å². The third-order valence-electron chi connectivity index (χ3n) is 5.37. The first-order chi connectivity index (χ1) is 11.0. The van der Waals surface area contributed by atoms with E-state index in [1.165, 1.54) is 5.69 Å². The zero-order valence-electron chi connectivity index (χ0n) is 14.6. The summed E-state index contributed by atoms with van der Waals surface area (Å²) >= 11 is 0. The average molecular weight is 320 g/mol. The van der Waals surface area contributed by atoms with Crippen molar-refractivity contribution in [3.05, 3.63) is 17.5 Å². The summed E-state index contributed by atoms with van der Waals surface area (Å²) in [7, 11) is 3.77. The Balaban J connectivity index is 1.63. The van der Waals surface area contributed by atoms with E-state index in [0.717, 1.165) is 38.2 Å². The van der Waals surface area contributed by atoms with Gasteiger partial charge in [0.25, 0.3) is 0 Å². The Kier molecular flexibility index (Phi) is 4.73. The van der Waals surface area contributed by atoms with E-state index in [9.17, 15) is 4.79 Å². The van der Waals surface area contributed by atoms with Gasteiger partial charge in [-0.15, -0.1) is 0 Å². The molecule has 1 N–H and O–H groups in total. The highest BCUT2D eigenvalue weighted by molar-refractivity contribution is 5.73. The number of nitrogens with zero attached hydrogens (tertiary/aromatic N) is 3. The van der Waals surface area contributed by atoms with Crippen molar-refractivity contribution in [2.24, 2.45) is 18.9 Å². The van der Waals surface area contributed by atoms with E-state index in [0.29, 0.717) is 11.8 Å². The van der Waals surface area contributed by atoms with E-state index < -0.39 is 0 Å². The maximum Gasteiger partial charge on any atom is 0.217 e. The van der Waals surface area contributed by atoms with Crippen LogP contribution in [-0.2, 0) is 23.1 Å². The van der Waals surface area contributed by atoms with Crippen LogP contribution in [0, 0.1) is 18.8 Å². The second-order valence-corrected chi connectivity index (χ2v) is 7.17. The molecule has 1 amide bonds. The van der Waals surface area contributed by atoms with Gasteiger partial charge in [-0.3, -0.25) is 14.4 Å². The topological polar surface area (TPSA) is 59.4 Å². The lowest BCUT2D eigenvalue weighted by Crippen LogP contribution is -2.49. The van der Waals surface area contributed by atoms with Gasteiger partial charge in [0.15, 0.2) is 0 Å². The van der Waals surface area contributed by atoms with E-state index in [2.05, 4.69) is 21.4 Å². The fraction of sp³-hybridized carbons (Fsp3) is 0.765. The third kappa shape index (κ3) is 3.58. The molecule has 4 atom stereocenters. The number of carbonyl (C=O) groups excluding carboxylic acids is 1. The number of nitrogens with one attached hydrogen (secondary N) is 1. The van der Waals surface area contributed by atoms with Crippen molar-refractivity contribution in [2.45, 2.75) is 45.4 Å². The number of hydrogen-bond acceptors (Lipinski definition) is 4. The second kappa shape index (κ2) is 6.61.